The summed E-state index contributed by atoms with van der Waals surface area (Å²) in [7, 11) is -5.16. The van der Waals surface area contributed by atoms with Crippen LogP contribution in [0.2, 0.25) is 0 Å². The highest BCUT2D eigenvalue weighted by atomic mass is 31.2. The molecular weight excluding hydrogens is 1040 g/mol. The summed E-state index contributed by atoms with van der Waals surface area (Å²) in [5.41, 5.74) is 0. The van der Waals surface area contributed by atoms with Gasteiger partial charge in [-0.3, -0.25) is 9.09 Å². The first-order valence-corrected chi connectivity index (χ1v) is 23.5. The molecule has 0 spiro atoms. The maximum absolute atomic E-state index is 10.6. The lowest BCUT2D eigenvalue weighted by molar-refractivity contribution is -0.377. The first kappa shape index (κ1) is 64.4. The van der Waals surface area contributed by atoms with Gasteiger partial charge in [-0.2, -0.15) is 0 Å². The Morgan fingerprint density at radius 2 is 0.548 bits per heavy atom. The Labute approximate surface area is 410 Å². The van der Waals surface area contributed by atoms with Crippen molar-refractivity contribution in [3.8, 4) is 0 Å². The number of hydrogen-bond donors (Lipinski definition) is 24. The number of hydrogen-bond acceptors (Lipinski definition) is 35. The second-order valence-corrected chi connectivity index (χ2v) is 18.3. The molecule has 0 aliphatic carbocycles. The molecule has 6 heterocycles. The van der Waals surface area contributed by atoms with Gasteiger partial charge in [0.05, 0.1) is 39.6 Å². The summed E-state index contributed by atoms with van der Waals surface area (Å²) in [6.07, 6.45) is -49.1. The summed E-state index contributed by atoms with van der Waals surface area (Å²) >= 11 is 0. The van der Waals surface area contributed by atoms with Gasteiger partial charge in [0.25, 0.3) is 7.82 Å². The van der Waals surface area contributed by atoms with Crippen molar-refractivity contribution in [1.82, 2.24) is 0 Å². The van der Waals surface area contributed by atoms with Gasteiger partial charge in [-0.05, 0) is 0 Å². The largest absolute Gasteiger partial charge is 0.756 e. The molecule has 0 aromatic carbocycles. The molecular formula is C36H66O36P-. The first-order chi connectivity index (χ1) is 34.1. The molecule has 0 amide bonds. The molecule has 73 heavy (non-hydrogen) atoms. The van der Waals surface area contributed by atoms with Crippen LogP contribution in [0.1, 0.15) is 0 Å². The molecule has 6 aliphatic rings. The highest BCUT2D eigenvalue weighted by molar-refractivity contribution is 7.44. The van der Waals surface area contributed by atoms with E-state index in [2.05, 4.69) is 9.26 Å². The van der Waals surface area contributed by atoms with Crippen LogP contribution >= 0.6 is 7.82 Å². The van der Waals surface area contributed by atoms with Crippen LogP contribution in [0, 0.1) is 0 Å². The molecule has 0 radical (unpaired) electrons. The molecule has 0 aromatic heterocycles. The zero-order valence-corrected chi connectivity index (χ0v) is 38.5. The standard InChI is InChI=1S/C18H32O16.C12H22O11.C6H13O9P/c19-1-4-7(22)8(23)12(27)17(31-4)34-15-6(3-21)32-18(13(28)10(15)25)33-14-5(2-20)30-16(29)11(26)9(14)24;13-1-3-5(15)6(16)9(19)12(22-3)23-10-4(2-14)21-11(20)8(18)7(10)17;7-1-2-3(8)4(9)5(10)6(14-2)15-16(11,12)13/h4-29H,1-3H2;3-20H,1-2H2;2-10H,1H2,(H2,11,12,13)/p-1/t4?,5?,6?,7-,8+,9-,10-,11?,12?,13?,14-,15-,16?,17-,18-;3?,4?,5-,6+,7-,8?,9?,10-,11?,12-;2?,3-,4+,5?,6-/m111/s1. The van der Waals surface area contributed by atoms with Crippen molar-refractivity contribution >= 4 is 7.82 Å². The lowest BCUT2D eigenvalue weighted by Crippen LogP contribution is -2.66. The first-order valence-electron chi connectivity index (χ1n) is 22.0. The molecule has 36 nitrogen and oxygen atoms in total. The van der Waals surface area contributed by atoms with E-state index in [-0.39, 0.29) is 0 Å². The van der Waals surface area contributed by atoms with Crippen LogP contribution in [0.5, 0.6) is 0 Å². The predicted octanol–water partition coefficient (Wildman–Crippen LogP) is -16.7. The van der Waals surface area contributed by atoms with E-state index in [1.807, 2.05) is 0 Å². The van der Waals surface area contributed by atoms with Crippen LogP contribution in [-0.2, 0) is 51.7 Å². The zero-order chi connectivity index (χ0) is 55.1. The number of aliphatic hydroxyl groups is 23. The fourth-order valence-corrected chi connectivity index (χ4v) is 8.35. The van der Waals surface area contributed by atoms with E-state index in [0.717, 1.165) is 0 Å². The number of ether oxygens (including phenoxy) is 9. The van der Waals surface area contributed by atoms with Crippen molar-refractivity contribution in [2.45, 2.75) is 184 Å². The zero-order valence-electron chi connectivity index (χ0n) is 37.6. The summed E-state index contributed by atoms with van der Waals surface area (Å²) in [4.78, 5) is 18.8. The normalized spacial score (nSPS) is 50.4. The predicted molar refractivity (Wildman–Crippen MR) is 215 cm³/mol. The molecule has 24 N–H and O–H groups in total. The highest BCUT2D eigenvalue weighted by Gasteiger charge is 2.54. The highest BCUT2D eigenvalue weighted by Crippen LogP contribution is 2.37. The maximum Gasteiger partial charge on any atom is 0.267 e. The van der Waals surface area contributed by atoms with Gasteiger partial charge in [0, 0.05) is 0 Å². The van der Waals surface area contributed by atoms with Gasteiger partial charge in [-0.15, -0.1) is 0 Å². The van der Waals surface area contributed by atoms with Gasteiger partial charge in [-0.1, -0.05) is 0 Å². The van der Waals surface area contributed by atoms with Gasteiger partial charge >= 0.3 is 0 Å². The smallest absolute Gasteiger partial charge is 0.267 e. The van der Waals surface area contributed by atoms with Gasteiger partial charge in [0.15, 0.2) is 37.7 Å². The van der Waals surface area contributed by atoms with E-state index in [1.54, 1.807) is 0 Å². The fraction of sp³-hybridized carbons (Fsp3) is 1.00. The van der Waals surface area contributed by atoms with Gasteiger partial charge in [-0.25, -0.2) is 0 Å². The molecule has 0 bridgehead atoms. The van der Waals surface area contributed by atoms with Crippen LogP contribution in [0.4, 0.5) is 0 Å². The molecule has 0 saturated carbocycles. The molecule has 6 fully saturated rings. The van der Waals surface area contributed by atoms with E-state index < -0.39 is 232 Å². The minimum atomic E-state index is -5.16. The van der Waals surface area contributed by atoms with Gasteiger partial charge < -0.3 is 170 Å². The topological polar surface area (TPSA) is 618 Å². The number of phosphoric acid groups is 1. The van der Waals surface area contributed by atoms with Crippen molar-refractivity contribution in [2.24, 2.45) is 0 Å². The Morgan fingerprint density at radius 3 is 0.836 bits per heavy atom. The SMILES string of the molecule is O=P([O-])(O)O[C@H]1OC(CO)[C@@H](O)[C@H](O)C1O.OCC1O[C@H](O[C@@H]2C(CO)OC(O)C(O)[C@H]2O)C(O)[C@@H](O)[C@@H]1O.OCC1O[C@H](O[C@@H]2C(CO)O[C@H](O[C@@H]3C(CO)OC(O)C(O)[C@H]3O)C(O)[C@H]2O)C(O)[C@@H](O)[C@@H]1O. The maximum atomic E-state index is 10.6. The van der Waals surface area contributed by atoms with Crippen molar-refractivity contribution in [3.05, 3.63) is 0 Å². The monoisotopic (exact) mass is 1110 g/mol. The lowest BCUT2D eigenvalue weighted by atomic mass is 9.96. The Hall–Kier alpha value is -1.17. The number of phosphoric ester groups is 1. The Morgan fingerprint density at radius 1 is 0.315 bits per heavy atom. The third-order valence-corrected chi connectivity index (χ3v) is 12.6. The summed E-state index contributed by atoms with van der Waals surface area (Å²) in [5, 5.41) is 222. The summed E-state index contributed by atoms with van der Waals surface area (Å²) in [6, 6.07) is 0. The van der Waals surface area contributed by atoms with E-state index in [9.17, 15) is 117 Å². The van der Waals surface area contributed by atoms with Crippen LogP contribution in [0.25, 0.3) is 0 Å². The van der Waals surface area contributed by atoms with Crippen LogP contribution in [0.3, 0.4) is 0 Å². The molecule has 0 aromatic rings. The number of aliphatic hydroxyl groups excluding tert-OH is 23. The quantitative estimate of drug-likeness (QED) is 0.0718. The summed E-state index contributed by atoms with van der Waals surface area (Å²) in [5.74, 6) is 0. The Bertz CT molecular complexity index is 1650. The minimum Gasteiger partial charge on any atom is -0.756 e. The number of rotatable bonds is 14. The minimum absolute atomic E-state index is 0.667. The summed E-state index contributed by atoms with van der Waals surface area (Å²) in [6.45, 7) is -4.39. The van der Waals surface area contributed by atoms with Crippen molar-refractivity contribution < 1.29 is 179 Å². The second kappa shape index (κ2) is 28.1. The van der Waals surface area contributed by atoms with Crippen LogP contribution in [0.15, 0.2) is 0 Å². The van der Waals surface area contributed by atoms with Crippen molar-refractivity contribution in [3.63, 3.8) is 0 Å². The average molecular weight is 1110 g/mol. The third-order valence-electron chi connectivity index (χ3n) is 12.2. The molecule has 15 unspecified atom stereocenters. The molecule has 31 atom stereocenters. The molecule has 6 aliphatic heterocycles. The summed E-state index contributed by atoms with van der Waals surface area (Å²) < 4.78 is 60.6. The van der Waals surface area contributed by atoms with Gasteiger partial charge in [0.1, 0.15) is 146 Å². The molecule has 37 heteroatoms. The fourth-order valence-electron chi connectivity index (χ4n) is 7.91. The third kappa shape index (κ3) is 15.4. The van der Waals surface area contributed by atoms with Gasteiger partial charge in [0.2, 0.25) is 0 Å². The average Bonchev–Trinajstić information content (AvgIpc) is 3.36. The van der Waals surface area contributed by atoms with E-state index in [0.29, 0.717) is 0 Å². The van der Waals surface area contributed by atoms with E-state index in [4.69, 9.17) is 53.0 Å². The Balaban J connectivity index is 0.000000256. The second-order valence-electron chi connectivity index (χ2n) is 17.1. The van der Waals surface area contributed by atoms with E-state index in [1.165, 1.54) is 0 Å². The van der Waals surface area contributed by atoms with Crippen molar-refractivity contribution in [2.75, 3.05) is 39.6 Å². The van der Waals surface area contributed by atoms with Crippen LogP contribution in [-0.4, -0.2) is 346 Å². The van der Waals surface area contributed by atoms with Crippen molar-refractivity contribution in [1.29, 1.82) is 0 Å². The van der Waals surface area contributed by atoms with Crippen LogP contribution < -0.4 is 4.89 Å². The Kier molecular flexibility index (Phi) is 24.8. The lowest BCUT2D eigenvalue weighted by Gasteiger charge is -2.47. The van der Waals surface area contributed by atoms with E-state index >= 15 is 0 Å². The molecule has 6 rings (SSSR count). The molecule has 6 saturated heterocycles. The molecule has 432 valence electrons.